The van der Waals surface area contributed by atoms with E-state index in [4.69, 9.17) is 9.47 Å². The molecule has 0 radical (unpaired) electrons. The minimum absolute atomic E-state index is 0.0622. The van der Waals surface area contributed by atoms with Crippen LogP contribution in [0.15, 0.2) is 12.2 Å². The Morgan fingerprint density at radius 2 is 1.17 bits per heavy atom. The van der Waals surface area contributed by atoms with E-state index in [-0.39, 0.29) is 18.0 Å². The van der Waals surface area contributed by atoms with E-state index in [1.165, 1.54) is 70.6 Å². The van der Waals surface area contributed by atoms with E-state index in [9.17, 15) is 9.59 Å². The van der Waals surface area contributed by atoms with Gasteiger partial charge < -0.3 is 14.8 Å². The highest BCUT2D eigenvalue weighted by Gasteiger charge is 2.14. The molecule has 5 heteroatoms. The van der Waals surface area contributed by atoms with Crippen LogP contribution in [-0.4, -0.2) is 37.7 Å². The Balaban J connectivity index is 3.80. The van der Waals surface area contributed by atoms with Gasteiger partial charge in [-0.3, -0.25) is 9.59 Å². The van der Waals surface area contributed by atoms with Gasteiger partial charge in [-0.2, -0.15) is 0 Å². The minimum atomic E-state index is -0.143. The number of unbranched alkanes of at least 4 members (excludes halogenated alkanes) is 11. The summed E-state index contributed by atoms with van der Waals surface area (Å²) in [5.74, 6) is -0.205. The lowest BCUT2D eigenvalue weighted by Crippen LogP contribution is -2.21. The van der Waals surface area contributed by atoms with Crippen LogP contribution >= 0.6 is 0 Å². The van der Waals surface area contributed by atoms with Gasteiger partial charge in [0.15, 0.2) is 0 Å². The fourth-order valence-corrected chi connectivity index (χ4v) is 4.21. The average Bonchev–Trinajstić information content (AvgIpc) is 2.87. The Morgan fingerprint density at radius 1 is 0.639 bits per heavy atom. The van der Waals surface area contributed by atoms with Crippen LogP contribution in [0.1, 0.15) is 149 Å². The van der Waals surface area contributed by atoms with Crippen molar-refractivity contribution in [3.05, 3.63) is 12.2 Å². The third-order valence-electron chi connectivity index (χ3n) is 6.51. The molecule has 0 heterocycles. The molecule has 1 N–H and O–H groups in total. The third kappa shape index (κ3) is 25.7. The highest BCUT2D eigenvalue weighted by atomic mass is 16.5. The Bertz CT molecular complexity index is 521. The van der Waals surface area contributed by atoms with E-state index in [0.29, 0.717) is 19.4 Å². The van der Waals surface area contributed by atoms with Gasteiger partial charge in [0.2, 0.25) is 0 Å². The molecule has 0 saturated carbocycles. The Kier molecular flexibility index (Phi) is 27.1. The fourth-order valence-electron chi connectivity index (χ4n) is 4.21. The summed E-state index contributed by atoms with van der Waals surface area (Å²) in [6.45, 7) is 8.57. The number of hydrogen-bond donors (Lipinski definition) is 1. The molecule has 36 heavy (non-hydrogen) atoms. The lowest BCUT2D eigenvalue weighted by Gasteiger charge is -2.18. The van der Waals surface area contributed by atoms with Gasteiger partial charge in [-0.1, -0.05) is 97.1 Å². The van der Waals surface area contributed by atoms with Crippen LogP contribution in [0, 0.1) is 0 Å². The molecule has 0 fully saturated rings. The molecule has 1 unspecified atom stereocenters. The van der Waals surface area contributed by atoms with Crippen molar-refractivity contribution in [1.29, 1.82) is 0 Å². The van der Waals surface area contributed by atoms with Gasteiger partial charge in [-0.15, -0.1) is 0 Å². The topological polar surface area (TPSA) is 64.6 Å². The van der Waals surface area contributed by atoms with E-state index >= 15 is 0 Å². The maximum absolute atomic E-state index is 12.4. The zero-order chi connectivity index (χ0) is 26.5. The van der Waals surface area contributed by atoms with Gasteiger partial charge in [-0.05, 0) is 64.5 Å². The summed E-state index contributed by atoms with van der Waals surface area (Å²) in [7, 11) is 0. The summed E-state index contributed by atoms with van der Waals surface area (Å²) in [6, 6.07) is 0. The summed E-state index contributed by atoms with van der Waals surface area (Å²) in [6.07, 6.45) is 25.8. The van der Waals surface area contributed by atoms with E-state index in [0.717, 1.165) is 58.0 Å². The molecule has 0 aliphatic heterocycles. The number of rotatable bonds is 27. The zero-order valence-corrected chi connectivity index (χ0v) is 24.1. The molecule has 0 saturated heterocycles. The number of hydrogen-bond acceptors (Lipinski definition) is 5. The first-order chi connectivity index (χ1) is 17.6. The Labute approximate surface area is 223 Å². The van der Waals surface area contributed by atoms with Crippen molar-refractivity contribution >= 4 is 11.9 Å². The lowest BCUT2D eigenvalue weighted by atomic mass is 10.0. The molecule has 0 aliphatic carbocycles. The van der Waals surface area contributed by atoms with Crippen molar-refractivity contribution in [2.24, 2.45) is 0 Å². The summed E-state index contributed by atoms with van der Waals surface area (Å²) < 4.78 is 11.1. The second kappa shape index (κ2) is 28.2. The van der Waals surface area contributed by atoms with E-state index in [2.05, 4.69) is 32.2 Å². The molecule has 212 valence electrons. The van der Waals surface area contributed by atoms with Crippen LogP contribution < -0.4 is 5.32 Å². The van der Waals surface area contributed by atoms with Gasteiger partial charge in [-0.25, -0.2) is 0 Å². The van der Waals surface area contributed by atoms with Crippen molar-refractivity contribution in [3.63, 3.8) is 0 Å². The van der Waals surface area contributed by atoms with E-state index < -0.39 is 0 Å². The first-order valence-electron chi connectivity index (χ1n) is 15.3. The number of nitrogens with one attached hydrogen (secondary N) is 1. The molecular formula is C31H59NO4. The second-order valence-corrected chi connectivity index (χ2v) is 10.1. The van der Waals surface area contributed by atoms with Crippen LogP contribution in [0.2, 0.25) is 0 Å². The zero-order valence-electron chi connectivity index (χ0n) is 24.1. The molecule has 5 nitrogen and oxygen atoms in total. The lowest BCUT2D eigenvalue weighted by molar-refractivity contribution is -0.150. The maximum atomic E-state index is 12.4. The van der Waals surface area contributed by atoms with Crippen LogP contribution in [0.5, 0.6) is 0 Å². The number of allylic oxidation sites excluding steroid dienone is 1. The van der Waals surface area contributed by atoms with Crippen LogP contribution in [0.4, 0.5) is 0 Å². The van der Waals surface area contributed by atoms with Gasteiger partial charge in [0.1, 0.15) is 12.7 Å². The largest absolute Gasteiger partial charge is 0.462 e. The van der Waals surface area contributed by atoms with Crippen LogP contribution in [0.3, 0.4) is 0 Å². The number of carbonyl (C=O) groups excluding carboxylic acids is 2. The second-order valence-electron chi connectivity index (χ2n) is 10.1. The van der Waals surface area contributed by atoms with Crippen LogP contribution in [-0.2, 0) is 19.1 Å². The first kappa shape index (κ1) is 34.6. The highest BCUT2D eigenvalue weighted by molar-refractivity contribution is 5.69. The van der Waals surface area contributed by atoms with Gasteiger partial charge in [0, 0.05) is 12.8 Å². The maximum Gasteiger partial charge on any atom is 0.306 e. The Hall–Kier alpha value is -1.36. The van der Waals surface area contributed by atoms with Crippen molar-refractivity contribution in [1.82, 2.24) is 5.32 Å². The summed E-state index contributed by atoms with van der Waals surface area (Å²) in [5, 5.41) is 3.32. The van der Waals surface area contributed by atoms with Crippen molar-refractivity contribution in [2.75, 3.05) is 19.7 Å². The van der Waals surface area contributed by atoms with Crippen molar-refractivity contribution in [3.8, 4) is 0 Å². The van der Waals surface area contributed by atoms with Gasteiger partial charge in [0.25, 0.3) is 0 Å². The fraction of sp³-hybridized carbons (Fsp3) is 0.871. The molecule has 1 atom stereocenters. The monoisotopic (exact) mass is 509 g/mol. The molecule has 0 spiro atoms. The Morgan fingerprint density at radius 3 is 1.78 bits per heavy atom. The number of carbonyl (C=O) groups is 2. The average molecular weight is 510 g/mol. The SMILES string of the molecule is CCCCCC/C=C\COC(=O)CCCNCCCC(=O)OC(CCCCCC)CCCCCCC. The predicted molar refractivity (Wildman–Crippen MR) is 152 cm³/mol. The molecule has 0 amide bonds. The first-order valence-corrected chi connectivity index (χ1v) is 15.3. The van der Waals surface area contributed by atoms with Crippen molar-refractivity contribution < 1.29 is 19.1 Å². The smallest absolute Gasteiger partial charge is 0.306 e. The van der Waals surface area contributed by atoms with Crippen LogP contribution in [0.25, 0.3) is 0 Å². The standard InChI is InChI=1S/C31H59NO4/c1-4-7-10-13-14-16-19-28-35-30(33)24-20-26-32-27-21-25-31(34)36-29(22-17-12-9-6-3)23-18-15-11-8-5-2/h16,19,29,32H,4-15,17-18,20-28H2,1-3H3/b19-16-. The normalized spacial score (nSPS) is 12.2. The van der Waals surface area contributed by atoms with Crippen molar-refractivity contribution in [2.45, 2.75) is 155 Å². The molecule has 0 aromatic carbocycles. The number of ether oxygens (including phenoxy) is 2. The molecule has 0 aromatic rings. The number of esters is 2. The summed E-state index contributed by atoms with van der Waals surface area (Å²) in [5.41, 5.74) is 0. The predicted octanol–water partition coefficient (Wildman–Crippen LogP) is 8.45. The van der Waals surface area contributed by atoms with E-state index in [1.807, 2.05) is 6.08 Å². The highest BCUT2D eigenvalue weighted by Crippen LogP contribution is 2.17. The van der Waals surface area contributed by atoms with Gasteiger partial charge >= 0.3 is 11.9 Å². The molecule has 0 aromatic heterocycles. The molecule has 0 bridgehead atoms. The molecular weight excluding hydrogens is 450 g/mol. The van der Waals surface area contributed by atoms with E-state index in [1.54, 1.807) is 0 Å². The van der Waals surface area contributed by atoms with Gasteiger partial charge in [0.05, 0.1) is 0 Å². The quantitative estimate of drug-likeness (QED) is 0.0683. The molecule has 0 rings (SSSR count). The summed E-state index contributed by atoms with van der Waals surface area (Å²) in [4.78, 5) is 24.1. The third-order valence-corrected chi connectivity index (χ3v) is 6.51. The minimum Gasteiger partial charge on any atom is -0.462 e. The summed E-state index contributed by atoms with van der Waals surface area (Å²) >= 11 is 0. The molecule has 0 aliphatic rings.